The van der Waals surface area contributed by atoms with Gasteiger partial charge in [-0.1, -0.05) is 18.2 Å². The standard InChI is InChI=1S/C19H18N4O5/c1-11-15(16(19(24)25)21-12-7-9-20-10-8-12)13-5-3-4-6-14(13)17(23(26)27)22-18(11)28-2/h3-10,17,22H,1-2H3,(H,20,21)(H,24,25)/b16-15+. The minimum absolute atomic E-state index is 0.128. The van der Waals surface area contributed by atoms with Crippen LogP contribution in [0.2, 0.25) is 0 Å². The van der Waals surface area contributed by atoms with Gasteiger partial charge in [0.25, 0.3) is 0 Å². The zero-order chi connectivity index (χ0) is 20.3. The fraction of sp³-hybridized carbons (Fsp3) is 0.158. The SMILES string of the molecule is COC1=C(C)/C(=C(\Nc2ccncc2)C(=O)O)c2ccccc2C([N+](=O)[O-])N1. The molecule has 2 aromatic rings. The van der Waals surface area contributed by atoms with Crippen molar-refractivity contribution in [2.45, 2.75) is 13.1 Å². The molecule has 0 radical (unpaired) electrons. The summed E-state index contributed by atoms with van der Waals surface area (Å²) in [6.45, 7) is 1.65. The van der Waals surface area contributed by atoms with Crippen molar-refractivity contribution in [1.82, 2.24) is 10.3 Å². The van der Waals surface area contributed by atoms with Crippen molar-refractivity contribution in [1.29, 1.82) is 0 Å². The van der Waals surface area contributed by atoms with Crippen LogP contribution in [0.15, 0.2) is 65.9 Å². The molecule has 0 amide bonds. The molecule has 1 atom stereocenters. The van der Waals surface area contributed by atoms with E-state index < -0.39 is 17.1 Å². The molecule has 0 saturated heterocycles. The van der Waals surface area contributed by atoms with E-state index in [1.807, 2.05) is 0 Å². The average molecular weight is 382 g/mol. The van der Waals surface area contributed by atoms with Crippen molar-refractivity contribution in [3.8, 4) is 0 Å². The quantitative estimate of drug-likeness (QED) is 0.409. The monoisotopic (exact) mass is 382 g/mol. The van der Waals surface area contributed by atoms with Crippen molar-refractivity contribution in [3.05, 3.63) is 87.2 Å². The maximum absolute atomic E-state index is 12.1. The summed E-state index contributed by atoms with van der Waals surface area (Å²) in [5, 5.41) is 27.2. The van der Waals surface area contributed by atoms with E-state index in [0.717, 1.165) is 0 Å². The highest BCUT2D eigenvalue weighted by atomic mass is 16.6. The van der Waals surface area contributed by atoms with E-state index in [1.165, 1.54) is 19.5 Å². The fourth-order valence-corrected chi connectivity index (χ4v) is 3.09. The third-order valence-corrected chi connectivity index (χ3v) is 4.34. The first-order valence-corrected chi connectivity index (χ1v) is 8.33. The number of nitrogens with one attached hydrogen (secondary N) is 2. The molecule has 1 aliphatic rings. The van der Waals surface area contributed by atoms with Gasteiger partial charge in [-0.05, 0) is 30.7 Å². The molecule has 1 aromatic heterocycles. The molecule has 0 aliphatic carbocycles. The lowest BCUT2D eigenvalue weighted by atomic mass is 9.92. The van der Waals surface area contributed by atoms with Crippen LogP contribution in [0.3, 0.4) is 0 Å². The van der Waals surface area contributed by atoms with Crippen LogP contribution in [-0.4, -0.2) is 28.1 Å². The van der Waals surface area contributed by atoms with Gasteiger partial charge in [-0.25, -0.2) is 4.79 Å². The largest absolute Gasteiger partial charge is 0.482 e. The molecule has 0 bridgehead atoms. The lowest BCUT2D eigenvalue weighted by molar-refractivity contribution is -0.535. The number of carbonyl (C=O) groups is 1. The molecule has 0 fully saturated rings. The first-order chi connectivity index (χ1) is 13.4. The maximum atomic E-state index is 12.1. The number of rotatable bonds is 5. The predicted octanol–water partition coefficient (Wildman–Crippen LogP) is 2.75. The Balaban J connectivity index is 2.32. The number of aromatic nitrogens is 1. The Hall–Kier alpha value is -3.88. The van der Waals surface area contributed by atoms with Gasteiger partial charge in [0.05, 0.1) is 17.6 Å². The number of hydrogen-bond donors (Lipinski definition) is 3. The minimum Gasteiger partial charge on any atom is -0.482 e. The molecule has 9 heteroatoms. The van der Waals surface area contributed by atoms with E-state index in [2.05, 4.69) is 15.6 Å². The van der Waals surface area contributed by atoms with Crippen LogP contribution in [0, 0.1) is 10.1 Å². The molecule has 144 valence electrons. The average Bonchev–Trinajstić information content (AvgIpc) is 2.81. The molecule has 1 aromatic carbocycles. The first kappa shape index (κ1) is 18.9. The minimum atomic E-state index is -1.28. The Morgan fingerprint density at radius 2 is 1.96 bits per heavy atom. The number of hydrogen-bond acceptors (Lipinski definition) is 7. The van der Waals surface area contributed by atoms with Gasteiger partial charge >= 0.3 is 12.1 Å². The topological polar surface area (TPSA) is 127 Å². The van der Waals surface area contributed by atoms with E-state index in [0.29, 0.717) is 28.0 Å². The molecule has 1 unspecified atom stereocenters. The van der Waals surface area contributed by atoms with Crippen LogP contribution < -0.4 is 10.6 Å². The zero-order valence-corrected chi connectivity index (χ0v) is 15.2. The van der Waals surface area contributed by atoms with Crippen molar-refractivity contribution in [2.24, 2.45) is 0 Å². The second-order valence-corrected chi connectivity index (χ2v) is 5.99. The number of carboxylic acid groups (broad SMARTS) is 1. The maximum Gasteiger partial charge on any atom is 0.352 e. The van der Waals surface area contributed by atoms with Crippen LogP contribution >= 0.6 is 0 Å². The highest BCUT2D eigenvalue weighted by Gasteiger charge is 2.34. The summed E-state index contributed by atoms with van der Waals surface area (Å²) in [7, 11) is 1.37. The van der Waals surface area contributed by atoms with Gasteiger partial charge in [-0.2, -0.15) is 0 Å². The third-order valence-electron chi connectivity index (χ3n) is 4.34. The van der Waals surface area contributed by atoms with E-state index >= 15 is 0 Å². The normalized spacial score (nSPS) is 17.7. The van der Waals surface area contributed by atoms with Crippen molar-refractivity contribution in [3.63, 3.8) is 0 Å². The van der Waals surface area contributed by atoms with Gasteiger partial charge in [-0.3, -0.25) is 20.4 Å². The number of ether oxygens (including phenoxy) is 1. The number of aliphatic carboxylic acids is 1. The molecular formula is C19H18N4O5. The number of allylic oxidation sites excluding steroid dienone is 2. The Bertz CT molecular complexity index is 985. The van der Waals surface area contributed by atoms with Crippen LogP contribution in [0.25, 0.3) is 5.57 Å². The smallest absolute Gasteiger partial charge is 0.352 e. The molecule has 2 heterocycles. The highest BCUT2D eigenvalue weighted by molar-refractivity contribution is 6.03. The molecular weight excluding hydrogens is 364 g/mol. The summed E-state index contributed by atoms with van der Waals surface area (Å²) < 4.78 is 5.30. The molecule has 0 saturated carbocycles. The Kier molecular flexibility index (Phi) is 5.25. The highest BCUT2D eigenvalue weighted by Crippen LogP contribution is 2.37. The van der Waals surface area contributed by atoms with Crippen LogP contribution in [0.4, 0.5) is 5.69 Å². The number of nitrogens with zero attached hydrogens (tertiary/aromatic N) is 2. The van der Waals surface area contributed by atoms with E-state index in [4.69, 9.17) is 4.74 Å². The zero-order valence-electron chi connectivity index (χ0n) is 15.2. The Morgan fingerprint density at radius 1 is 1.29 bits per heavy atom. The molecule has 3 rings (SSSR count). The lowest BCUT2D eigenvalue weighted by Crippen LogP contribution is -2.28. The summed E-state index contributed by atoms with van der Waals surface area (Å²) >= 11 is 0. The molecule has 1 aliphatic heterocycles. The number of methoxy groups -OCH3 is 1. The summed E-state index contributed by atoms with van der Waals surface area (Å²) in [5.74, 6) is -1.08. The number of pyridine rings is 1. The van der Waals surface area contributed by atoms with Gasteiger partial charge in [-0.15, -0.1) is 0 Å². The van der Waals surface area contributed by atoms with E-state index in [9.17, 15) is 20.0 Å². The predicted molar refractivity (Wildman–Crippen MR) is 101 cm³/mol. The number of carboxylic acids is 1. The molecule has 3 N–H and O–H groups in total. The summed E-state index contributed by atoms with van der Waals surface area (Å²) in [6.07, 6.45) is 1.77. The second-order valence-electron chi connectivity index (χ2n) is 5.99. The van der Waals surface area contributed by atoms with E-state index in [1.54, 1.807) is 43.3 Å². The van der Waals surface area contributed by atoms with Gasteiger partial charge in [0.2, 0.25) is 0 Å². The number of anilines is 1. The number of nitro groups is 1. The van der Waals surface area contributed by atoms with Crippen LogP contribution in [-0.2, 0) is 9.53 Å². The number of benzene rings is 1. The first-order valence-electron chi connectivity index (χ1n) is 8.33. The summed E-state index contributed by atoms with van der Waals surface area (Å²) in [5.41, 5.74) is 1.89. The van der Waals surface area contributed by atoms with Crippen LogP contribution in [0.5, 0.6) is 0 Å². The van der Waals surface area contributed by atoms with Crippen molar-refractivity contribution >= 4 is 17.2 Å². The molecule has 0 spiro atoms. The Labute approximate surface area is 160 Å². The van der Waals surface area contributed by atoms with E-state index in [-0.39, 0.29) is 11.6 Å². The van der Waals surface area contributed by atoms with Gasteiger partial charge in [0.15, 0.2) is 5.88 Å². The summed E-state index contributed by atoms with van der Waals surface area (Å²) in [6, 6.07) is 9.86. The second kappa shape index (κ2) is 7.78. The lowest BCUT2D eigenvalue weighted by Gasteiger charge is -2.16. The number of fused-ring (bicyclic) bond motifs is 1. The van der Waals surface area contributed by atoms with Crippen molar-refractivity contribution < 1.29 is 19.6 Å². The Morgan fingerprint density at radius 3 is 2.57 bits per heavy atom. The van der Waals surface area contributed by atoms with Crippen molar-refractivity contribution in [2.75, 3.05) is 12.4 Å². The van der Waals surface area contributed by atoms with Gasteiger partial charge in [0, 0.05) is 29.2 Å². The van der Waals surface area contributed by atoms with Gasteiger partial charge in [0.1, 0.15) is 5.70 Å². The van der Waals surface area contributed by atoms with Gasteiger partial charge < -0.3 is 15.2 Å². The molecule has 28 heavy (non-hydrogen) atoms. The summed E-state index contributed by atoms with van der Waals surface area (Å²) in [4.78, 5) is 27.2. The third kappa shape index (κ3) is 3.50. The fourth-order valence-electron chi connectivity index (χ4n) is 3.09. The molecule has 9 nitrogen and oxygen atoms in total. The van der Waals surface area contributed by atoms with Crippen LogP contribution in [0.1, 0.15) is 24.2 Å².